The molecule has 0 fully saturated rings. The van der Waals surface area contributed by atoms with Crippen LogP contribution in [-0.2, 0) is 16.6 Å². The van der Waals surface area contributed by atoms with Gasteiger partial charge in [-0.25, -0.2) is 13.1 Å². The Labute approximate surface area is 106 Å². The van der Waals surface area contributed by atoms with Crippen LogP contribution in [0.15, 0.2) is 28.8 Å². The Hall–Kier alpha value is -1.76. The van der Waals surface area contributed by atoms with Crippen molar-refractivity contribution < 1.29 is 12.8 Å². The molecule has 0 bridgehead atoms. The van der Waals surface area contributed by atoms with Crippen LogP contribution in [0.25, 0.3) is 0 Å². The minimum atomic E-state index is -3.29. The molecule has 0 aromatic carbocycles. The van der Waals surface area contributed by atoms with Gasteiger partial charge < -0.3 is 4.42 Å². The van der Waals surface area contributed by atoms with Crippen molar-refractivity contribution >= 4 is 15.8 Å². The summed E-state index contributed by atoms with van der Waals surface area (Å²) in [6.07, 6.45) is 1.54. The fraction of sp³-hybridized carbons (Fsp3) is 0.364. The largest absolute Gasteiger partial charge is 0.464 e. The number of aromatic nitrogens is 2. The molecule has 2 rings (SSSR count). The van der Waals surface area contributed by atoms with Gasteiger partial charge in [0, 0.05) is 6.07 Å². The molecule has 0 saturated heterocycles. The van der Waals surface area contributed by atoms with Crippen molar-refractivity contribution in [3.63, 3.8) is 0 Å². The topological polar surface area (TPSA) is 77.1 Å². The molecule has 0 saturated carbocycles. The smallest absolute Gasteiger partial charge is 0.233 e. The van der Waals surface area contributed by atoms with Crippen LogP contribution < -0.4 is 4.72 Å². The zero-order chi connectivity index (χ0) is 13.2. The molecule has 0 aliphatic carbocycles. The Morgan fingerprint density at radius 2 is 2.17 bits per heavy atom. The van der Waals surface area contributed by atoms with Crippen LogP contribution in [0.1, 0.15) is 18.4 Å². The van der Waals surface area contributed by atoms with Gasteiger partial charge in [0.1, 0.15) is 23.9 Å². The summed E-state index contributed by atoms with van der Waals surface area (Å²) < 4.78 is 32.5. The van der Waals surface area contributed by atoms with Gasteiger partial charge in [0.05, 0.1) is 11.9 Å². The molecule has 2 aromatic rings. The van der Waals surface area contributed by atoms with Crippen LogP contribution in [0.3, 0.4) is 0 Å². The van der Waals surface area contributed by atoms with Crippen molar-refractivity contribution in [3.05, 3.63) is 35.9 Å². The molecular formula is C11H15N3O3S. The molecule has 1 N–H and O–H groups in total. The molecule has 0 radical (unpaired) electrons. The number of anilines is 1. The lowest BCUT2D eigenvalue weighted by Crippen LogP contribution is -2.18. The van der Waals surface area contributed by atoms with Crippen LogP contribution >= 0.6 is 0 Å². The van der Waals surface area contributed by atoms with Crippen molar-refractivity contribution in [3.8, 4) is 0 Å². The molecule has 6 nitrogen and oxygen atoms in total. The minimum absolute atomic E-state index is 0.0258. The molecule has 0 aliphatic heterocycles. The van der Waals surface area contributed by atoms with Gasteiger partial charge in [-0.2, -0.15) is 5.10 Å². The maximum Gasteiger partial charge on any atom is 0.233 e. The Morgan fingerprint density at radius 3 is 2.78 bits per heavy atom. The Bertz CT molecular complexity index is 628. The van der Waals surface area contributed by atoms with Gasteiger partial charge >= 0.3 is 0 Å². The highest BCUT2D eigenvalue weighted by Crippen LogP contribution is 2.13. The number of rotatable bonds is 5. The van der Waals surface area contributed by atoms with Crippen LogP contribution in [0.2, 0.25) is 0 Å². The molecule has 2 heterocycles. The van der Waals surface area contributed by atoms with Crippen LogP contribution in [-0.4, -0.2) is 24.0 Å². The van der Waals surface area contributed by atoms with Gasteiger partial charge in [-0.05, 0) is 26.0 Å². The summed E-state index contributed by atoms with van der Waals surface area (Å²) in [5, 5.41) is 4.07. The van der Waals surface area contributed by atoms with Crippen LogP contribution in [0, 0.1) is 6.92 Å². The average molecular weight is 269 g/mol. The Morgan fingerprint density at radius 1 is 1.39 bits per heavy atom. The first-order valence-electron chi connectivity index (χ1n) is 5.58. The summed E-state index contributed by atoms with van der Waals surface area (Å²) in [5.41, 5.74) is 0. The van der Waals surface area contributed by atoms with Crippen molar-refractivity contribution in [2.75, 3.05) is 10.5 Å². The number of hydrogen-bond acceptors (Lipinski definition) is 4. The van der Waals surface area contributed by atoms with E-state index in [0.717, 1.165) is 11.5 Å². The van der Waals surface area contributed by atoms with Crippen LogP contribution in [0.5, 0.6) is 0 Å². The molecule has 0 unspecified atom stereocenters. The molecule has 7 heteroatoms. The number of furan rings is 1. The van der Waals surface area contributed by atoms with E-state index in [9.17, 15) is 8.42 Å². The van der Waals surface area contributed by atoms with Gasteiger partial charge in [-0.3, -0.25) is 4.72 Å². The fourth-order valence-electron chi connectivity index (χ4n) is 1.49. The lowest BCUT2D eigenvalue weighted by atomic mass is 10.4. The second-order valence-electron chi connectivity index (χ2n) is 3.89. The highest BCUT2D eigenvalue weighted by atomic mass is 32.2. The normalized spacial score (nSPS) is 11.7. The Balaban J connectivity index is 2.18. The van der Waals surface area contributed by atoms with Gasteiger partial charge in [0.2, 0.25) is 10.0 Å². The molecule has 98 valence electrons. The van der Waals surface area contributed by atoms with Gasteiger partial charge in [-0.15, -0.1) is 0 Å². The third-order valence-corrected chi connectivity index (χ3v) is 3.74. The van der Waals surface area contributed by atoms with Crippen molar-refractivity contribution in [1.82, 2.24) is 9.78 Å². The molecule has 0 amide bonds. The van der Waals surface area contributed by atoms with E-state index in [2.05, 4.69) is 9.82 Å². The van der Waals surface area contributed by atoms with E-state index in [1.165, 1.54) is 0 Å². The zero-order valence-corrected chi connectivity index (χ0v) is 11.1. The van der Waals surface area contributed by atoms with E-state index < -0.39 is 10.0 Å². The van der Waals surface area contributed by atoms with E-state index in [1.807, 2.05) is 19.1 Å². The summed E-state index contributed by atoms with van der Waals surface area (Å²) in [5.74, 6) is 2.00. The van der Waals surface area contributed by atoms with E-state index >= 15 is 0 Å². The predicted molar refractivity (Wildman–Crippen MR) is 67.9 cm³/mol. The Kier molecular flexibility index (Phi) is 3.42. The maximum absolute atomic E-state index is 11.5. The number of nitrogens with one attached hydrogen (secondary N) is 1. The first-order chi connectivity index (χ1) is 8.50. The molecule has 0 spiro atoms. The highest BCUT2D eigenvalue weighted by Gasteiger charge is 2.11. The number of sulfonamides is 1. The summed E-state index contributed by atoms with van der Waals surface area (Å²) in [7, 11) is -3.29. The predicted octanol–water partition coefficient (Wildman–Crippen LogP) is 1.59. The quantitative estimate of drug-likeness (QED) is 0.894. The van der Waals surface area contributed by atoms with E-state index in [1.54, 1.807) is 23.9 Å². The zero-order valence-electron chi connectivity index (χ0n) is 10.3. The van der Waals surface area contributed by atoms with Crippen molar-refractivity contribution in [2.24, 2.45) is 0 Å². The lowest BCUT2D eigenvalue weighted by Gasteiger charge is -2.08. The number of nitrogens with zero attached hydrogens (tertiary/aromatic N) is 2. The van der Waals surface area contributed by atoms with Gasteiger partial charge in [0.25, 0.3) is 0 Å². The summed E-state index contributed by atoms with van der Waals surface area (Å²) in [6.45, 7) is 3.83. The van der Waals surface area contributed by atoms with Gasteiger partial charge in [-0.1, -0.05) is 0 Å². The molecule has 0 atom stereocenters. The monoisotopic (exact) mass is 269 g/mol. The highest BCUT2D eigenvalue weighted by molar-refractivity contribution is 7.92. The fourth-order valence-corrected chi connectivity index (χ4v) is 2.13. The third-order valence-electron chi connectivity index (χ3n) is 2.46. The minimum Gasteiger partial charge on any atom is -0.464 e. The second-order valence-corrected chi connectivity index (χ2v) is 5.90. The molecule has 18 heavy (non-hydrogen) atoms. The second kappa shape index (κ2) is 4.85. The third kappa shape index (κ3) is 2.92. The van der Waals surface area contributed by atoms with E-state index in [-0.39, 0.29) is 5.75 Å². The standard InChI is InChI=1S/C11H15N3O3S/c1-3-18(15,16)13-11-6-7-12-14(11)8-10-5-4-9(2)17-10/h4-7,13H,3,8H2,1-2H3. The van der Waals surface area contributed by atoms with E-state index in [4.69, 9.17) is 4.42 Å². The SMILES string of the molecule is CCS(=O)(=O)Nc1ccnn1Cc1ccc(C)o1. The maximum atomic E-state index is 11.5. The number of aryl methyl sites for hydroxylation is 1. The number of hydrogen-bond donors (Lipinski definition) is 1. The van der Waals surface area contributed by atoms with Crippen LogP contribution in [0.4, 0.5) is 5.82 Å². The summed E-state index contributed by atoms with van der Waals surface area (Å²) >= 11 is 0. The molecule has 2 aromatic heterocycles. The summed E-state index contributed by atoms with van der Waals surface area (Å²) in [6, 6.07) is 5.31. The first kappa shape index (κ1) is 12.7. The lowest BCUT2D eigenvalue weighted by molar-refractivity contribution is 0.460. The molecular weight excluding hydrogens is 254 g/mol. The van der Waals surface area contributed by atoms with Crippen molar-refractivity contribution in [1.29, 1.82) is 0 Å². The van der Waals surface area contributed by atoms with Gasteiger partial charge in [0.15, 0.2) is 0 Å². The first-order valence-corrected chi connectivity index (χ1v) is 7.23. The average Bonchev–Trinajstić information content (AvgIpc) is 2.89. The summed E-state index contributed by atoms with van der Waals surface area (Å²) in [4.78, 5) is 0. The van der Waals surface area contributed by atoms with E-state index in [0.29, 0.717) is 12.4 Å². The van der Waals surface area contributed by atoms with Crippen molar-refractivity contribution in [2.45, 2.75) is 20.4 Å². The molecule has 0 aliphatic rings.